The summed E-state index contributed by atoms with van der Waals surface area (Å²) < 4.78 is 18.6. The summed E-state index contributed by atoms with van der Waals surface area (Å²) >= 11 is 0. The van der Waals surface area contributed by atoms with Crippen molar-refractivity contribution in [2.24, 2.45) is 0 Å². The molecule has 0 aliphatic carbocycles. The van der Waals surface area contributed by atoms with E-state index >= 15 is 0 Å². The second kappa shape index (κ2) is 9.56. The number of benzene rings is 1. The average Bonchev–Trinajstić information content (AvgIpc) is 3.22. The number of piperazine rings is 1. The van der Waals surface area contributed by atoms with Crippen LogP contribution in [0, 0.1) is 5.82 Å². The third kappa shape index (κ3) is 6.06. The van der Waals surface area contributed by atoms with E-state index in [1.807, 2.05) is 34.6 Å². The van der Waals surface area contributed by atoms with Gasteiger partial charge >= 0.3 is 6.09 Å². The van der Waals surface area contributed by atoms with E-state index in [2.05, 4.69) is 9.97 Å². The van der Waals surface area contributed by atoms with Crippen molar-refractivity contribution in [3.8, 4) is 0 Å². The van der Waals surface area contributed by atoms with Gasteiger partial charge in [0.25, 0.3) is 5.91 Å². The first-order chi connectivity index (χ1) is 15.4. The fourth-order valence-corrected chi connectivity index (χ4v) is 3.56. The highest BCUT2D eigenvalue weighted by atomic mass is 19.1. The first-order valence-corrected chi connectivity index (χ1v) is 10.9. The Morgan fingerprint density at radius 2 is 1.91 bits per heavy atom. The first kappa shape index (κ1) is 24.2. The molecular formula is C24H31FN5O3+. The minimum Gasteiger partial charge on any atom is -0.444 e. The normalized spacial score (nSPS) is 17.2. The third-order valence-corrected chi connectivity index (χ3v) is 5.27. The second-order valence-corrected chi connectivity index (χ2v) is 9.21. The summed E-state index contributed by atoms with van der Waals surface area (Å²) in [5.74, 6) is -0.000683. The van der Waals surface area contributed by atoms with Crippen LogP contribution in [0.3, 0.4) is 0 Å². The summed E-state index contributed by atoms with van der Waals surface area (Å²) in [4.78, 5) is 36.1. The molecule has 2 aromatic rings. The van der Waals surface area contributed by atoms with E-state index in [-0.39, 0.29) is 23.9 Å². The van der Waals surface area contributed by atoms with Gasteiger partial charge in [0.05, 0.1) is 6.20 Å². The van der Waals surface area contributed by atoms with Crippen LogP contribution in [0.1, 0.15) is 56.5 Å². The summed E-state index contributed by atoms with van der Waals surface area (Å²) in [5.41, 5.74) is 1.67. The summed E-state index contributed by atoms with van der Waals surface area (Å²) in [6.45, 7) is 10.4. The number of carbonyl (C=O) groups is 2. The highest BCUT2D eigenvalue weighted by Gasteiger charge is 2.33. The number of aromatic amines is 1. The highest BCUT2D eigenvalue weighted by molar-refractivity contribution is 6.08. The van der Waals surface area contributed by atoms with Gasteiger partial charge in [-0.1, -0.05) is 0 Å². The first-order valence-electron chi connectivity index (χ1n) is 10.9. The number of nitrogens with two attached hydrogens (primary N) is 1. The molecule has 1 aromatic heterocycles. The number of allylic oxidation sites excluding steroid dienone is 2. The van der Waals surface area contributed by atoms with Gasteiger partial charge in [-0.15, -0.1) is 0 Å². The zero-order valence-corrected chi connectivity index (χ0v) is 19.7. The average molecular weight is 457 g/mol. The Labute approximate surface area is 193 Å². The number of hydrogen-bond donors (Lipinski definition) is 2. The van der Waals surface area contributed by atoms with Crippen molar-refractivity contribution in [2.45, 2.75) is 46.3 Å². The molecule has 1 aliphatic heterocycles. The summed E-state index contributed by atoms with van der Waals surface area (Å²) in [6.07, 6.45) is 2.84. The largest absolute Gasteiger partial charge is 0.444 e. The molecule has 0 spiro atoms. The Kier molecular flexibility index (Phi) is 7.00. The topological polar surface area (TPSA) is 104 Å². The standard InChI is InChI=1S/C24H30FN5O3/c1-15(12-19(26)17-6-8-18(25)9-7-17)21-27-13-20(28-21)22(31)29-10-11-30(16(2)14-29)23(32)33-24(3,4)5/h6-9,12-13,16,26H,10-11,14H2,1-5H3,(H,27,28)/p+1/b15-12-,26-19?/t16-/m0/s1. The molecule has 2 heterocycles. The summed E-state index contributed by atoms with van der Waals surface area (Å²) in [6, 6.07) is 5.72. The SMILES string of the molecule is C/C(=C/C(=[NH2+])c1ccc(F)cc1)c1ncc(C(=O)N2CCN(C(=O)OC(C)(C)C)[C@@H](C)C2)[nH]1. The number of halogens is 1. The van der Waals surface area contributed by atoms with Crippen molar-refractivity contribution in [2.75, 3.05) is 19.6 Å². The Hall–Kier alpha value is -3.49. The van der Waals surface area contributed by atoms with E-state index in [1.165, 1.54) is 18.3 Å². The number of ether oxygens (including phenoxy) is 1. The third-order valence-electron chi connectivity index (χ3n) is 5.27. The minimum atomic E-state index is -0.570. The Bertz CT molecular complexity index is 1070. The van der Waals surface area contributed by atoms with Gasteiger partial charge < -0.3 is 19.5 Å². The van der Waals surface area contributed by atoms with Crippen molar-refractivity contribution in [3.05, 3.63) is 59.4 Å². The predicted octanol–water partition coefficient (Wildman–Crippen LogP) is 2.28. The molecule has 3 rings (SSSR count). The van der Waals surface area contributed by atoms with Crippen molar-refractivity contribution < 1.29 is 24.1 Å². The van der Waals surface area contributed by atoms with Crippen LogP contribution in [0.5, 0.6) is 0 Å². The molecule has 0 radical (unpaired) electrons. The van der Waals surface area contributed by atoms with Gasteiger partial charge in [-0.25, -0.2) is 14.2 Å². The number of hydrogen-bond acceptors (Lipinski definition) is 4. The molecule has 2 amide bonds. The van der Waals surface area contributed by atoms with E-state index in [1.54, 1.807) is 28.0 Å². The molecule has 1 aliphatic rings. The van der Waals surface area contributed by atoms with Crippen molar-refractivity contribution in [1.29, 1.82) is 0 Å². The Morgan fingerprint density at radius 3 is 2.52 bits per heavy atom. The molecule has 176 valence electrons. The second-order valence-electron chi connectivity index (χ2n) is 9.21. The number of H-pyrrole nitrogens is 1. The van der Waals surface area contributed by atoms with E-state index < -0.39 is 5.60 Å². The lowest BCUT2D eigenvalue weighted by molar-refractivity contribution is -0.111. The van der Waals surface area contributed by atoms with Crippen molar-refractivity contribution in [1.82, 2.24) is 19.8 Å². The molecule has 1 atom stereocenters. The van der Waals surface area contributed by atoms with Crippen LogP contribution >= 0.6 is 0 Å². The number of nitrogens with one attached hydrogen (secondary N) is 1. The molecule has 1 fully saturated rings. The van der Waals surface area contributed by atoms with Gasteiger partial charge in [-0.2, -0.15) is 0 Å². The molecule has 8 nitrogen and oxygen atoms in total. The molecule has 0 unspecified atom stereocenters. The number of amides is 2. The van der Waals surface area contributed by atoms with Gasteiger partial charge in [0.2, 0.25) is 5.71 Å². The zero-order chi connectivity index (χ0) is 24.3. The van der Waals surface area contributed by atoms with Crippen molar-refractivity contribution >= 4 is 23.3 Å². The highest BCUT2D eigenvalue weighted by Crippen LogP contribution is 2.18. The number of nitrogens with zero attached hydrogens (tertiary/aromatic N) is 3. The monoisotopic (exact) mass is 456 g/mol. The number of rotatable bonds is 4. The molecule has 3 N–H and O–H groups in total. The van der Waals surface area contributed by atoms with Crippen LogP contribution in [0.2, 0.25) is 0 Å². The maximum atomic E-state index is 13.1. The van der Waals surface area contributed by atoms with Crippen LogP contribution in [0.25, 0.3) is 5.57 Å². The smallest absolute Gasteiger partial charge is 0.410 e. The van der Waals surface area contributed by atoms with Crippen LogP contribution in [0.15, 0.2) is 36.5 Å². The van der Waals surface area contributed by atoms with Crippen LogP contribution in [-0.2, 0) is 4.74 Å². The van der Waals surface area contributed by atoms with Gasteiger partial charge in [-0.05, 0) is 64.5 Å². The lowest BCUT2D eigenvalue weighted by Gasteiger charge is -2.40. The summed E-state index contributed by atoms with van der Waals surface area (Å²) in [5, 5.41) is 6.12. The van der Waals surface area contributed by atoms with E-state index in [0.717, 1.165) is 5.57 Å². The molecule has 1 aromatic carbocycles. The van der Waals surface area contributed by atoms with Gasteiger partial charge in [0.1, 0.15) is 22.9 Å². The van der Waals surface area contributed by atoms with Crippen LogP contribution in [-0.4, -0.2) is 68.8 Å². The van der Waals surface area contributed by atoms with Gasteiger partial charge in [0.15, 0.2) is 0 Å². The molecule has 33 heavy (non-hydrogen) atoms. The van der Waals surface area contributed by atoms with Crippen LogP contribution in [0.4, 0.5) is 9.18 Å². The maximum Gasteiger partial charge on any atom is 0.410 e. The number of aromatic nitrogens is 2. The van der Waals surface area contributed by atoms with E-state index in [9.17, 15) is 14.0 Å². The van der Waals surface area contributed by atoms with Gasteiger partial charge in [0, 0.05) is 37.3 Å². The molecule has 0 bridgehead atoms. The van der Waals surface area contributed by atoms with E-state index in [4.69, 9.17) is 10.1 Å². The lowest BCUT2D eigenvalue weighted by Crippen LogP contribution is -2.56. The summed E-state index contributed by atoms with van der Waals surface area (Å²) in [7, 11) is 0. The Balaban J connectivity index is 1.64. The quantitative estimate of drug-likeness (QED) is 0.689. The molecular weight excluding hydrogens is 425 g/mol. The molecule has 1 saturated heterocycles. The fourth-order valence-electron chi connectivity index (χ4n) is 3.56. The fraction of sp³-hybridized carbons (Fsp3) is 0.417. The molecule has 9 heteroatoms. The van der Waals surface area contributed by atoms with Gasteiger partial charge in [-0.3, -0.25) is 10.2 Å². The minimum absolute atomic E-state index is 0.174. The number of imidazole rings is 1. The van der Waals surface area contributed by atoms with Crippen LogP contribution < -0.4 is 5.41 Å². The lowest BCUT2D eigenvalue weighted by atomic mass is 10.1. The Morgan fingerprint density at radius 1 is 1.24 bits per heavy atom. The van der Waals surface area contributed by atoms with E-state index in [0.29, 0.717) is 42.4 Å². The number of carbonyl (C=O) groups excluding carboxylic acids is 2. The zero-order valence-electron chi connectivity index (χ0n) is 19.7. The molecule has 0 saturated carbocycles. The maximum absolute atomic E-state index is 13.1. The van der Waals surface area contributed by atoms with Crippen molar-refractivity contribution in [3.63, 3.8) is 0 Å². The predicted molar refractivity (Wildman–Crippen MR) is 123 cm³/mol.